The van der Waals surface area contributed by atoms with Crippen LogP contribution in [0.25, 0.3) is 16.0 Å². The molecule has 0 aliphatic rings. The van der Waals surface area contributed by atoms with E-state index in [-0.39, 0.29) is 5.56 Å². The van der Waals surface area contributed by atoms with E-state index in [1.54, 1.807) is 11.7 Å². The van der Waals surface area contributed by atoms with Gasteiger partial charge in [0.1, 0.15) is 10.4 Å². The van der Waals surface area contributed by atoms with Crippen LogP contribution in [0, 0.1) is 3.95 Å². The number of hydrogen-bond acceptors (Lipinski definition) is 7. The van der Waals surface area contributed by atoms with Crippen molar-refractivity contribution in [1.29, 1.82) is 0 Å². The minimum atomic E-state index is -0.154. The molecule has 0 aliphatic heterocycles. The molecule has 0 saturated heterocycles. The van der Waals surface area contributed by atoms with Crippen molar-refractivity contribution in [2.45, 2.75) is 31.3 Å². The van der Waals surface area contributed by atoms with Crippen molar-refractivity contribution in [3.63, 3.8) is 0 Å². The molecule has 0 radical (unpaired) electrons. The van der Waals surface area contributed by atoms with Crippen molar-refractivity contribution < 1.29 is 4.74 Å². The van der Waals surface area contributed by atoms with Gasteiger partial charge in [0.25, 0.3) is 5.56 Å². The molecule has 6 nitrogen and oxygen atoms in total. The first kappa shape index (κ1) is 25.9. The summed E-state index contributed by atoms with van der Waals surface area (Å²) in [6.45, 7) is 7.72. The zero-order chi connectivity index (χ0) is 24.9. The number of rotatable bonds is 10. The fraction of sp³-hybridized carbons (Fsp3) is 0.320. The molecule has 2 heterocycles. The summed E-state index contributed by atoms with van der Waals surface area (Å²) in [6.07, 6.45) is 0. The molecule has 0 unspecified atom stereocenters. The molecule has 0 fully saturated rings. The lowest BCUT2D eigenvalue weighted by Crippen LogP contribution is -2.27. The van der Waals surface area contributed by atoms with Crippen LogP contribution in [0.1, 0.15) is 19.4 Å². The summed E-state index contributed by atoms with van der Waals surface area (Å²) in [5.41, 5.74) is 2.10. The number of aromatic nitrogens is 3. The van der Waals surface area contributed by atoms with Gasteiger partial charge in [-0.15, -0.1) is 0 Å². The standard InChI is InChI=1S/C25H27ClN4O2S3/c1-4-28(5-2)14-15-29-22-21(35-25(29)33)23(31)30(19-12-8-9-13-20(19)32-3)24(27-22)34-16-17-10-6-7-11-18(17)26/h6-13H,4-5,14-16H2,1-3H3. The van der Waals surface area contributed by atoms with Crippen molar-refractivity contribution in [2.24, 2.45) is 0 Å². The monoisotopic (exact) mass is 546 g/mol. The molecule has 0 aliphatic carbocycles. The summed E-state index contributed by atoms with van der Waals surface area (Å²) >= 11 is 14.9. The summed E-state index contributed by atoms with van der Waals surface area (Å²) in [6, 6.07) is 15.2. The van der Waals surface area contributed by atoms with Crippen LogP contribution in [0.2, 0.25) is 5.02 Å². The van der Waals surface area contributed by atoms with Gasteiger partial charge in [-0.2, -0.15) is 0 Å². The topological polar surface area (TPSA) is 52.3 Å². The van der Waals surface area contributed by atoms with Crippen LogP contribution < -0.4 is 10.3 Å². The van der Waals surface area contributed by atoms with Gasteiger partial charge in [-0.05, 0) is 49.1 Å². The Morgan fingerprint density at radius 2 is 1.86 bits per heavy atom. The fourth-order valence-corrected chi connectivity index (χ4v) is 6.43. The molecule has 2 aromatic carbocycles. The molecule has 184 valence electrons. The highest BCUT2D eigenvalue weighted by molar-refractivity contribution is 7.98. The molecule has 0 amide bonds. The summed E-state index contributed by atoms with van der Waals surface area (Å²) in [5, 5.41) is 1.25. The maximum atomic E-state index is 13.9. The normalized spacial score (nSPS) is 11.5. The predicted octanol–water partition coefficient (Wildman–Crippen LogP) is 6.27. The van der Waals surface area contributed by atoms with Gasteiger partial charge in [-0.3, -0.25) is 9.36 Å². The van der Waals surface area contributed by atoms with Gasteiger partial charge in [0.15, 0.2) is 14.8 Å². The lowest BCUT2D eigenvalue weighted by atomic mass is 10.2. The molecule has 0 bridgehead atoms. The number of para-hydroxylation sites is 2. The third-order valence-corrected chi connectivity index (χ3v) is 8.62. The molecule has 0 atom stereocenters. The molecular weight excluding hydrogens is 520 g/mol. The molecule has 10 heteroatoms. The van der Waals surface area contributed by atoms with Gasteiger partial charge in [0.05, 0.1) is 12.8 Å². The van der Waals surface area contributed by atoms with E-state index in [1.165, 1.54) is 23.1 Å². The minimum Gasteiger partial charge on any atom is -0.495 e. The second kappa shape index (κ2) is 11.7. The molecule has 0 N–H and O–H groups in total. The number of nitrogens with zero attached hydrogens (tertiary/aromatic N) is 4. The number of hydrogen-bond donors (Lipinski definition) is 0. The number of benzene rings is 2. The SMILES string of the molecule is CCN(CC)CCn1c(=S)sc2c(=O)n(-c3ccccc3OC)c(SCc3ccccc3Cl)nc21. The number of halogens is 1. The van der Waals surface area contributed by atoms with Gasteiger partial charge in [0, 0.05) is 23.9 Å². The summed E-state index contributed by atoms with van der Waals surface area (Å²) in [7, 11) is 1.60. The molecule has 0 saturated carbocycles. The minimum absolute atomic E-state index is 0.154. The van der Waals surface area contributed by atoms with E-state index in [0.717, 1.165) is 25.2 Å². The zero-order valence-corrected chi connectivity index (χ0v) is 23.1. The first-order valence-electron chi connectivity index (χ1n) is 11.4. The Kier molecular flexibility index (Phi) is 8.67. The van der Waals surface area contributed by atoms with Crippen LogP contribution in [0.5, 0.6) is 5.75 Å². The van der Waals surface area contributed by atoms with Crippen LogP contribution >= 0.6 is 46.9 Å². The predicted molar refractivity (Wildman–Crippen MR) is 149 cm³/mol. The van der Waals surface area contributed by atoms with Crippen molar-refractivity contribution in [3.8, 4) is 11.4 Å². The van der Waals surface area contributed by atoms with Crippen molar-refractivity contribution >= 4 is 57.3 Å². The van der Waals surface area contributed by atoms with E-state index < -0.39 is 0 Å². The maximum Gasteiger partial charge on any atom is 0.278 e. The molecular formula is C25H27ClN4O2S3. The van der Waals surface area contributed by atoms with Crippen LogP contribution in [-0.4, -0.2) is 45.8 Å². The average molecular weight is 547 g/mol. The average Bonchev–Trinajstić information content (AvgIpc) is 3.19. The Morgan fingerprint density at radius 1 is 1.14 bits per heavy atom. The Balaban J connectivity index is 1.87. The van der Waals surface area contributed by atoms with E-state index in [1.807, 2.05) is 53.1 Å². The van der Waals surface area contributed by atoms with Crippen LogP contribution in [0.4, 0.5) is 0 Å². The van der Waals surface area contributed by atoms with Crippen molar-refractivity contribution in [2.75, 3.05) is 26.7 Å². The van der Waals surface area contributed by atoms with Crippen LogP contribution in [-0.2, 0) is 12.3 Å². The fourth-order valence-electron chi connectivity index (χ4n) is 3.84. The largest absolute Gasteiger partial charge is 0.495 e. The number of thiazole rings is 1. The smallest absolute Gasteiger partial charge is 0.278 e. The Bertz CT molecular complexity index is 1440. The highest BCUT2D eigenvalue weighted by atomic mass is 35.5. The van der Waals surface area contributed by atoms with E-state index in [9.17, 15) is 4.79 Å². The van der Waals surface area contributed by atoms with Gasteiger partial charge < -0.3 is 14.2 Å². The van der Waals surface area contributed by atoms with E-state index >= 15 is 0 Å². The summed E-state index contributed by atoms with van der Waals surface area (Å²) in [4.78, 5) is 21.2. The maximum absolute atomic E-state index is 13.9. The van der Waals surface area contributed by atoms with E-state index in [4.69, 9.17) is 33.5 Å². The third-order valence-electron chi connectivity index (χ3n) is 5.83. The van der Waals surface area contributed by atoms with Crippen molar-refractivity contribution in [3.05, 3.63) is 73.4 Å². The van der Waals surface area contributed by atoms with Crippen molar-refractivity contribution in [1.82, 2.24) is 19.0 Å². The summed E-state index contributed by atoms with van der Waals surface area (Å²) in [5.74, 6) is 1.16. The van der Waals surface area contributed by atoms with Gasteiger partial charge in [-0.25, -0.2) is 4.98 Å². The highest BCUT2D eigenvalue weighted by Crippen LogP contribution is 2.31. The van der Waals surface area contributed by atoms with Gasteiger partial charge in [0.2, 0.25) is 0 Å². The number of ether oxygens (including phenoxy) is 1. The Labute approximate surface area is 223 Å². The molecule has 35 heavy (non-hydrogen) atoms. The number of fused-ring (bicyclic) bond motifs is 1. The van der Waals surface area contributed by atoms with Crippen LogP contribution in [0.3, 0.4) is 0 Å². The lowest BCUT2D eigenvalue weighted by molar-refractivity contribution is 0.291. The molecule has 4 aromatic rings. The number of thioether (sulfide) groups is 1. The summed E-state index contributed by atoms with van der Waals surface area (Å²) < 4.78 is 10.4. The second-order valence-electron chi connectivity index (χ2n) is 7.79. The molecule has 4 rings (SSSR count). The zero-order valence-electron chi connectivity index (χ0n) is 19.9. The second-order valence-corrected chi connectivity index (χ2v) is 10.8. The van der Waals surface area contributed by atoms with Gasteiger partial charge >= 0.3 is 0 Å². The lowest BCUT2D eigenvalue weighted by Gasteiger charge is -2.18. The Hall–Kier alpha value is -2.17. The molecule has 0 spiro atoms. The van der Waals surface area contributed by atoms with Gasteiger partial charge in [-0.1, -0.05) is 78.9 Å². The first-order valence-corrected chi connectivity index (χ1v) is 14.0. The van der Waals surface area contributed by atoms with E-state index in [2.05, 4.69) is 18.7 Å². The molecule has 2 aromatic heterocycles. The number of likely N-dealkylation sites (N-methyl/N-ethyl adjacent to an activating group) is 1. The first-order chi connectivity index (χ1) is 17.0. The quantitative estimate of drug-likeness (QED) is 0.133. The van der Waals surface area contributed by atoms with E-state index in [0.29, 0.717) is 48.2 Å². The number of methoxy groups -OCH3 is 1. The highest BCUT2D eigenvalue weighted by Gasteiger charge is 2.20. The third kappa shape index (κ3) is 5.49. The van der Waals surface area contributed by atoms with Crippen LogP contribution in [0.15, 0.2) is 58.5 Å². The Morgan fingerprint density at radius 3 is 2.57 bits per heavy atom.